The van der Waals surface area contributed by atoms with Gasteiger partial charge in [0, 0.05) is 39.5 Å². The van der Waals surface area contributed by atoms with Gasteiger partial charge >= 0.3 is 0 Å². The number of halogens is 1. The van der Waals surface area contributed by atoms with Crippen molar-refractivity contribution in [3.8, 4) is 0 Å². The minimum Gasteiger partial charge on any atom is -0.369 e. The first-order chi connectivity index (χ1) is 8.90. The highest BCUT2D eigenvalue weighted by Gasteiger charge is 2.13. The molecule has 0 bridgehead atoms. The third-order valence-electron chi connectivity index (χ3n) is 2.89. The third kappa shape index (κ3) is 2.50. The van der Waals surface area contributed by atoms with E-state index in [2.05, 4.69) is 4.99 Å². The molecule has 19 heavy (non-hydrogen) atoms. The topological polar surface area (TPSA) is 37.6 Å². The lowest BCUT2D eigenvalue weighted by Gasteiger charge is -2.04. The maximum atomic E-state index is 14.0. The van der Waals surface area contributed by atoms with Crippen molar-refractivity contribution >= 4 is 28.7 Å². The Morgan fingerprint density at radius 3 is 2.63 bits per heavy atom. The highest BCUT2D eigenvalue weighted by Crippen LogP contribution is 2.27. The number of carbonyl (C=O) groups is 1. The quantitative estimate of drug-likeness (QED) is 0.484. The molecule has 0 atom stereocenters. The Kier molecular flexibility index (Phi) is 3.38. The molecule has 0 fully saturated rings. The molecule has 0 aliphatic heterocycles. The van der Waals surface area contributed by atoms with Crippen molar-refractivity contribution in [2.45, 2.75) is 6.92 Å². The molecule has 0 saturated heterocycles. The fourth-order valence-electron chi connectivity index (χ4n) is 1.97. The van der Waals surface area contributed by atoms with Gasteiger partial charge in [-0.05, 0) is 12.1 Å². The van der Waals surface area contributed by atoms with Gasteiger partial charge in [-0.3, -0.25) is 4.79 Å². The Hall–Kier alpha value is -2.17. The normalized spacial score (nSPS) is 11.4. The molecule has 0 aliphatic rings. The largest absolute Gasteiger partial charge is 0.369 e. The maximum Gasteiger partial charge on any atom is 0.176 e. The smallest absolute Gasteiger partial charge is 0.176 e. The Bertz CT molecular complexity index is 671. The van der Waals surface area contributed by atoms with Crippen molar-refractivity contribution in [2.24, 2.45) is 12.0 Å². The molecule has 100 valence electrons. The first-order valence-corrected chi connectivity index (χ1v) is 5.90. The van der Waals surface area contributed by atoms with Crippen LogP contribution in [0.3, 0.4) is 0 Å². The highest BCUT2D eigenvalue weighted by atomic mass is 19.1. The number of benzene rings is 1. The van der Waals surface area contributed by atoms with E-state index in [1.165, 1.54) is 13.0 Å². The standard InChI is InChI=1S/C14H16FN3O/c1-9(19)13-7-11-12(15)5-10(16-8-17(2)3)6-14(11)18(13)4/h5-8H,1-4H3. The fraction of sp³-hybridized carbons (Fsp3) is 0.286. The van der Waals surface area contributed by atoms with Crippen LogP contribution in [0.15, 0.2) is 23.2 Å². The summed E-state index contributed by atoms with van der Waals surface area (Å²) in [7, 11) is 5.43. The van der Waals surface area contributed by atoms with Gasteiger partial charge in [-0.25, -0.2) is 9.38 Å². The summed E-state index contributed by atoms with van der Waals surface area (Å²) in [6.07, 6.45) is 1.61. The van der Waals surface area contributed by atoms with Gasteiger partial charge in [0.15, 0.2) is 5.78 Å². The molecular formula is C14H16FN3O. The van der Waals surface area contributed by atoms with Gasteiger partial charge in [-0.1, -0.05) is 0 Å². The summed E-state index contributed by atoms with van der Waals surface area (Å²) in [5, 5.41) is 0.441. The van der Waals surface area contributed by atoms with Crippen LogP contribution in [0.5, 0.6) is 0 Å². The Morgan fingerprint density at radius 2 is 2.05 bits per heavy atom. The van der Waals surface area contributed by atoms with Gasteiger partial charge in [0.05, 0.1) is 23.2 Å². The lowest BCUT2D eigenvalue weighted by atomic mass is 10.2. The number of aromatic nitrogens is 1. The van der Waals surface area contributed by atoms with Crippen LogP contribution in [-0.4, -0.2) is 35.7 Å². The molecule has 4 nitrogen and oxygen atoms in total. The molecular weight excluding hydrogens is 245 g/mol. The van der Waals surface area contributed by atoms with Crippen molar-refractivity contribution in [3.63, 3.8) is 0 Å². The number of aryl methyl sites for hydroxylation is 1. The van der Waals surface area contributed by atoms with Crippen molar-refractivity contribution in [2.75, 3.05) is 14.1 Å². The highest BCUT2D eigenvalue weighted by molar-refractivity contribution is 5.99. The molecule has 0 unspecified atom stereocenters. The van der Waals surface area contributed by atoms with Crippen LogP contribution in [-0.2, 0) is 7.05 Å². The van der Waals surface area contributed by atoms with Gasteiger partial charge in [-0.15, -0.1) is 0 Å². The fourth-order valence-corrected chi connectivity index (χ4v) is 1.97. The van der Waals surface area contributed by atoms with Crippen LogP contribution < -0.4 is 0 Å². The van der Waals surface area contributed by atoms with E-state index in [0.717, 1.165) is 0 Å². The Morgan fingerprint density at radius 1 is 1.37 bits per heavy atom. The maximum absolute atomic E-state index is 14.0. The van der Waals surface area contributed by atoms with Gasteiger partial charge in [0.2, 0.25) is 0 Å². The van der Waals surface area contributed by atoms with E-state index in [4.69, 9.17) is 0 Å². The number of Topliss-reactive ketones (excluding diaryl/α,β-unsaturated/α-hetero) is 1. The van der Waals surface area contributed by atoms with Gasteiger partial charge in [0.25, 0.3) is 0 Å². The Balaban J connectivity index is 2.62. The summed E-state index contributed by atoms with van der Waals surface area (Å²) in [5.41, 5.74) is 1.67. The zero-order chi connectivity index (χ0) is 14.2. The predicted octanol–water partition coefficient (Wildman–Crippen LogP) is 2.74. The molecule has 5 heteroatoms. The summed E-state index contributed by atoms with van der Waals surface area (Å²) >= 11 is 0. The number of nitrogens with zero attached hydrogens (tertiary/aromatic N) is 3. The lowest BCUT2D eigenvalue weighted by Crippen LogP contribution is -2.07. The van der Waals surface area contributed by atoms with Crippen LogP contribution in [0.4, 0.5) is 10.1 Å². The summed E-state index contributed by atoms with van der Waals surface area (Å²) in [4.78, 5) is 17.4. The molecule has 2 rings (SSSR count). The number of ketones is 1. The van der Waals surface area contributed by atoms with Gasteiger partial charge in [-0.2, -0.15) is 0 Å². The molecule has 0 saturated carbocycles. The van der Waals surface area contributed by atoms with E-state index in [9.17, 15) is 9.18 Å². The van der Waals surface area contributed by atoms with Crippen molar-refractivity contribution in [3.05, 3.63) is 29.7 Å². The number of fused-ring (bicyclic) bond motifs is 1. The van der Waals surface area contributed by atoms with E-state index in [-0.39, 0.29) is 11.6 Å². The van der Waals surface area contributed by atoms with Crippen LogP contribution in [0.1, 0.15) is 17.4 Å². The van der Waals surface area contributed by atoms with E-state index < -0.39 is 0 Å². The zero-order valence-electron chi connectivity index (χ0n) is 11.4. The van der Waals surface area contributed by atoms with Crippen molar-refractivity contribution < 1.29 is 9.18 Å². The first-order valence-electron chi connectivity index (χ1n) is 5.90. The summed E-state index contributed by atoms with van der Waals surface area (Å²) in [6, 6.07) is 4.71. The predicted molar refractivity (Wildman–Crippen MR) is 74.7 cm³/mol. The van der Waals surface area contributed by atoms with Gasteiger partial charge < -0.3 is 9.47 Å². The number of hydrogen-bond acceptors (Lipinski definition) is 2. The number of rotatable bonds is 3. The molecule has 2 aromatic rings. The molecule has 0 amide bonds. The van der Waals surface area contributed by atoms with Gasteiger partial charge in [0.1, 0.15) is 5.82 Å². The second-order valence-electron chi connectivity index (χ2n) is 4.71. The van der Waals surface area contributed by atoms with E-state index >= 15 is 0 Å². The average molecular weight is 261 g/mol. The summed E-state index contributed by atoms with van der Waals surface area (Å²) in [6.45, 7) is 1.47. The van der Waals surface area contributed by atoms with Crippen LogP contribution >= 0.6 is 0 Å². The second kappa shape index (κ2) is 4.84. The molecule has 1 aromatic carbocycles. The SMILES string of the molecule is CC(=O)c1cc2c(F)cc(N=CN(C)C)cc2n1C. The third-order valence-corrected chi connectivity index (χ3v) is 2.89. The van der Waals surface area contributed by atoms with Crippen molar-refractivity contribution in [1.29, 1.82) is 0 Å². The molecule has 1 aromatic heterocycles. The molecule has 0 radical (unpaired) electrons. The average Bonchev–Trinajstić information content (AvgIpc) is 2.65. The zero-order valence-corrected chi connectivity index (χ0v) is 11.4. The summed E-state index contributed by atoms with van der Waals surface area (Å²) in [5.74, 6) is -0.456. The first kappa shape index (κ1) is 13.3. The molecule has 0 aliphatic carbocycles. The van der Waals surface area contributed by atoms with Crippen LogP contribution in [0.25, 0.3) is 10.9 Å². The lowest BCUT2D eigenvalue weighted by molar-refractivity contribution is 0.101. The molecule has 0 N–H and O–H groups in total. The number of carbonyl (C=O) groups excluding carboxylic acids is 1. The molecule has 0 spiro atoms. The van der Waals surface area contributed by atoms with E-state index in [1.807, 2.05) is 14.1 Å². The Labute approximate surface area is 111 Å². The minimum absolute atomic E-state index is 0.0866. The van der Waals surface area contributed by atoms with Crippen LogP contribution in [0.2, 0.25) is 0 Å². The molecule has 1 heterocycles. The van der Waals surface area contributed by atoms with Crippen molar-refractivity contribution in [1.82, 2.24) is 9.47 Å². The van der Waals surface area contributed by atoms with E-state index in [1.54, 1.807) is 35.0 Å². The number of hydrogen-bond donors (Lipinski definition) is 0. The monoisotopic (exact) mass is 261 g/mol. The minimum atomic E-state index is -0.369. The second-order valence-corrected chi connectivity index (χ2v) is 4.71. The number of aliphatic imine (C=N–C) groups is 1. The summed E-state index contributed by atoms with van der Waals surface area (Å²) < 4.78 is 15.7. The van der Waals surface area contributed by atoms with E-state index in [0.29, 0.717) is 22.3 Å². The van der Waals surface area contributed by atoms with Crippen LogP contribution in [0, 0.1) is 5.82 Å².